The van der Waals surface area contributed by atoms with Crippen molar-refractivity contribution in [3.63, 3.8) is 0 Å². The van der Waals surface area contributed by atoms with Crippen LogP contribution >= 0.6 is 0 Å². The Hall–Kier alpha value is -0.730. The van der Waals surface area contributed by atoms with Crippen molar-refractivity contribution in [3.8, 4) is 0 Å². The van der Waals surface area contributed by atoms with Crippen molar-refractivity contribution < 1.29 is 30.0 Å². The number of carbonyl (C=O) groups is 1. The first-order chi connectivity index (χ1) is 8.01. The molecule has 0 spiro atoms. The van der Waals surface area contributed by atoms with Crippen molar-refractivity contribution in [1.29, 1.82) is 0 Å². The predicted molar refractivity (Wildman–Crippen MR) is 56.8 cm³/mol. The number of rotatable bonds is 4. The Labute approximate surface area is 99.0 Å². The minimum atomic E-state index is -1.46. The van der Waals surface area contributed by atoms with Gasteiger partial charge in [-0.25, -0.2) is 0 Å². The highest BCUT2D eigenvalue weighted by atomic mass is 16.6. The molecule has 5 N–H and O–H groups in total. The van der Waals surface area contributed by atoms with Gasteiger partial charge in [-0.15, -0.1) is 0 Å². The number of ether oxygens (including phenoxy) is 1. The molecular weight excluding hydrogens is 230 g/mol. The Kier molecular flexibility index (Phi) is 5.29. The fourth-order valence-corrected chi connectivity index (χ4v) is 1.68. The Morgan fingerprint density at radius 1 is 1.24 bits per heavy atom. The molecule has 1 aliphatic rings. The largest absolute Gasteiger partial charge is 0.394 e. The molecule has 0 bridgehead atoms. The number of hydrogen-bond acceptors (Lipinski definition) is 6. The predicted octanol–water partition coefficient (Wildman–Crippen LogP) is -2.30. The van der Waals surface area contributed by atoms with Gasteiger partial charge in [-0.05, 0) is 6.42 Å². The molecule has 5 atom stereocenters. The van der Waals surface area contributed by atoms with Crippen LogP contribution < -0.4 is 5.32 Å². The number of amides is 1. The summed E-state index contributed by atoms with van der Waals surface area (Å²) in [5.74, 6) is -0.322. The van der Waals surface area contributed by atoms with Gasteiger partial charge in [0.1, 0.15) is 24.4 Å². The molecule has 1 rings (SSSR count). The average Bonchev–Trinajstić information content (AvgIpc) is 2.30. The van der Waals surface area contributed by atoms with Crippen molar-refractivity contribution in [1.82, 2.24) is 5.32 Å². The third kappa shape index (κ3) is 3.36. The summed E-state index contributed by atoms with van der Waals surface area (Å²) in [6, 6.07) is 0. The lowest BCUT2D eigenvalue weighted by Crippen LogP contribution is -2.63. The Morgan fingerprint density at radius 2 is 1.88 bits per heavy atom. The first-order valence-corrected chi connectivity index (χ1v) is 5.61. The fraction of sp³-hybridized carbons (Fsp3) is 0.900. The van der Waals surface area contributed by atoms with Gasteiger partial charge in [-0.2, -0.15) is 0 Å². The molecule has 0 aromatic carbocycles. The highest BCUT2D eigenvalue weighted by Gasteiger charge is 2.43. The van der Waals surface area contributed by atoms with E-state index < -0.39 is 37.3 Å². The maximum absolute atomic E-state index is 11.3. The molecule has 0 aromatic heterocycles. The standard InChI is InChI=1S/C10H19NO6/c1-2-3-6(13)11-10-9(16)8(15)7(14)5(4-12)17-10/h5,7-10,12,14-16H,2-4H2,1H3,(H,11,13)/t5-,7+,8+,9-,10-/m1/s1. The van der Waals surface area contributed by atoms with Crippen molar-refractivity contribution in [2.75, 3.05) is 6.61 Å². The van der Waals surface area contributed by atoms with Gasteiger partial charge in [0.2, 0.25) is 5.91 Å². The van der Waals surface area contributed by atoms with Crippen LogP contribution in [0.3, 0.4) is 0 Å². The third-order valence-electron chi connectivity index (χ3n) is 2.67. The van der Waals surface area contributed by atoms with E-state index in [0.717, 1.165) is 0 Å². The second-order valence-electron chi connectivity index (χ2n) is 4.07. The van der Waals surface area contributed by atoms with Crippen LogP contribution in [-0.4, -0.2) is 63.6 Å². The summed E-state index contributed by atoms with van der Waals surface area (Å²) in [6.07, 6.45) is -5.50. The van der Waals surface area contributed by atoms with E-state index in [2.05, 4.69) is 5.32 Å². The summed E-state index contributed by atoms with van der Waals surface area (Å²) >= 11 is 0. The van der Waals surface area contributed by atoms with Gasteiger partial charge in [0.25, 0.3) is 0 Å². The smallest absolute Gasteiger partial charge is 0.222 e. The van der Waals surface area contributed by atoms with Crippen molar-refractivity contribution in [2.24, 2.45) is 0 Å². The van der Waals surface area contributed by atoms with Crippen LogP contribution in [-0.2, 0) is 9.53 Å². The van der Waals surface area contributed by atoms with Crippen LogP contribution in [0.1, 0.15) is 19.8 Å². The molecule has 0 saturated carbocycles. The molecule has 7 heteroatoms. The van der Waals surface area contributed by atoms with Gasteiger partial charge in [0.15, 0.2) is 6.23 Å². The highest BCUT2D eigenvalue weighted by molar-refractivity contribution is 5.76. The van der Waals surface area contributed by atoms with Crippen LogP contribution in [0, 0.1) is 0 Å². The molecule has 0 unspecified atom stereocenters. The summed E-state index contributed by atoms with van der Waals surface area (Å²) in [4.78, 5) is 11.3. The lowest BCUT2D eigenvalue weighted by molar-refractivity contribution is -0.235. The van der Waals surface area contributed by atoms with Gasteiger partial charge >= 0.3 is 0 Å². The van der Waals surface area contributed by atoms with Crippen LogP contribution in [0.25, 0.3) is 0 Å². The van der Waals surface area contributed by atoms with Crippen molar-refractivity contribution in [2.45, 2.75) is 50.4 Å². The number of nitrogens with one attached hydrogen (secondary N) is 1. The minimum absolute atomic E-state index is 0.273. The monoisotopic (exact) mass is 249 g/mol. The molecule has 17 heavy (non-hydrogen) atoms. The maximum atomic E-state index is 11.3. The summed E-state index contributed by atoms with van der Waals surface area (Å²) in [5.41, 5.74) is 0. The van der Waals surface area contributed by atoms with Crippen LogP contribution in [0.2, 0.25) is 0 Å². The molecule has 1 amide bonds. The SMILES string of the molecule is CCCC(=O)N[C@@H]1O[C@H](CO)[C@H](O)[C@H](O)[C@H]1O. The second-order valence-corrected chi connectivity index (χ2v) is 4.07. The Bertz CT molecular complexity index is 259. The van der Waals surface area contributed by atoms with E-state index in [1.165, 1.54) is 0 Å². The molecule has 1 fully saturated rings. The number of aliphatic hydroxyl groups is 4. The van der Waals surface area contributed by atoms with E-state index in [1.807, 2.05) is 6.92 Å². The van der Waals surface area contributed by atoms with E-state index in [-0.39, 0.29) is 12.3 Å². The van der Waals surface area contributed by atoms with E-state index in [0.29, 0.717) is 6.42 Å². The van der Waals surface area contributed by atoms with Gasteiger partial charge in [0, 0.05) is 6.42 Å². The number of carbonyl (C=O) groups excluding carboxylic acids is 1. The van der Waals surface area contributed by atoms with Crippen LogP contribution in [0.15, 0.2) is 0 Å². The van der Waals surface area contributed by atoms with E-state index in [1.54, 1.807) is 0 Å². The lowest BCUT2D eigenvalue weighted by Gasteiger charge is -2.40. The maximum Gasteiger partial charge on any atom is 0.222 e. The molecule has 0 radical (unpaired) electrons. The second kappa shape index (κ2) is 6.27. The number of aliphatic hydroxyl groups excluding tert-OH is 4. The summed E-state index contributed by atoms with van der Waals surface area (Å²) in [5, 5.41) is 39.9. The van der Waals surface area contributed by atoms with Crippen molar-refractivity contribution in [3.05, 3.63) is 0 Å². The zero-order valence-electron chi connectivity index (χ0n) is 9.61. The molecule has 0 aromatic rings. The van der Waals surface area contributed by atoms with Gasteiger partial charge in [-0.3, -0.25) is 4.79 Å². The van der Waals surface area contributed by atoms with Gasteiger partial charge in [0.05, 0.1) is 6.61 Å². The minimum Gasteiger partial charge on any atom is -0.394 e. The topological polar surface area (TPSA) is 119 Å². The molecule has 7 nitrogen and oxygen atoms in total. The first-order valence-electron chi connectivity index (χ1n) is 5.61. The average molecular weight is 249 g/mol. The lowest BCUT2D eigenvalue weighted by atomic mass is 9.98. The molecule has 1 heterocycles. The quantitative estimate of drug-likeness (QED) is 0.382. The van der Waals surface area contributed by atoms with E-state index in [4.69, 9.17) is 9.84 Å². The van der Waals surface area contributed by atoms with Crippen molar-refractivity contribution >= 4 is 5.91 Å². The molecule has 0 aliphatic carbocycles. The third-order valence-corrected chi connectivity index (χ3v) is 2.67. The number of hydrogen-bond donors (Lipinski definition) is 5. The fourth-order valence-electron chi connectivity index (χ4n) is 1.68. The summed E-state index contributed by atoms with van der Waals surface area (Å²) < 4.78 is 5.11. The molecule has 1 aliphatic heterocycles. The van der Waals surface area contributed by atoms with Crippen LogP contribution in [0.5, 0.6) is 0 Å². The molecule has 1 saturated heterocycles. The van der Waals surface area contributed by atoms with Gasteiger partial charge < -0.3 is 30.5 Å². The van der Waals surface area contributed by atoms with Gasteiger partial charge in [-0.1, -0.05) is 6.92 Å². The Balaban J connectivity index is 2.62. The zero-order chi connectivity index (χ0) is 13.0. The first kappa shape index (κ1) is 14.3. The summed E-state index contributed by atoms with van der Waals surface area (Å²) in [6.45, 7) is 1.32. The van der Waals surface area contributed by atoms with Crippen LogP contribution in [0.4, 0.5) is 0 Å². The van der Waals surface area contributed by atoms with E-state index >= 15 is 0 Å². The molecular formula is C10H19NO6. The molecule has 100 valence electrons. The highest BCUT2D eigenvalue weighted by Crippen LogP contribution is 2.19. The normalized spacial score (nSPS) is 37.8. The summed E-state index contributed by atoms with van der Waals surface area (Å²) in [7, 11) is 0. The zero-order valence-corrected chi connectivity index (χ0v) is 9.61. The Morgan fingerprint density at radius 3 is 2.41 bits per heavy atom. The van der Waals surface area contributed by atoms with E-state index in [9.17, 15) is 20.1 Å².